The van der Waals surface area contributed by atoms with Crippen molar-refractivity contribution in [3.05, 3.63) is 59.4 Å². The Morgan fingerprint density at radius 2 is 1.81 bits per heavy atom. The predicted octanol–water partition coefficient (Wildman–Crippen LogP) is 4.40. The molecule has 0 amide bonds. The van der Waals surface area contributed by atoms with Crippen LogP contribution in [0.1, 0.15) is 25.0 Å². The molecule has 0 heterocycles. The van der Waals surface area contributed by atoms with E-state index in [1.807, 2.05) is 24.0 Å². The van der Waals surface area contributed by atoms with Gasteiger partial charge in [0.2, 0.25) is 0 Å². The van der Waals surface area contributed by atoms with Gasteiger partial charge in [0.25, 0.3) is 0 Å². The van der Waals surface area contributed by atoms with Crippen molar-refractivity contribution < 1.29 is 4.39 Å². The van der Waals surface area contributed by atoms with E-state index in [9.17, 15) is 4.39 Å². The van der Waals surface area contributed by atoms with Crippen molar-refractivity contribution in [1.82, 2.24) is 5.32 Å². The third-order valence-corrected chi connectivity index (χ3v) is 3.59. The summed E-state index contributed by atoms with van der Waals surface area (Å²) in [6.07, 6.45) is 0. The topological polar surface area (TPSA) is 15.3 Å². The van der Waals surface area contributed by atoms with Crippen LogP contribution in [0.25, 0.3) is 0 Å². The molecular weight excluding hydrogens is 263 g/mol. The van der Waals surface area contributed by atoms with Gasteiger partial charge in [-0.1, -0.05) is 31.2 Å². The molecule has 0 atom stereocenters. The van der Waals surface area contributed by atoms with Crippen molar-refractivity contribution in [1.29, 1.82) is 0 Å². The van der Waals surface area contributed by atoms with Crippen LogP contribution in [0.15, 0.2) is 42.5 Å². The first-order chi connectivity index (χ1) is 10.2. The maximum Gasteiger partial charge on any atom is 0.146 e. The fourth-order valence-electron chi connectivity index (χ4n) is 2.54. The van der Waals surface area contributed by atoms with Gasteiger partial charge in [-0.15, -0.1) is 0 Å². The lowest BCUT2D eigenvalue weighted by molar-refractivity contribution is 0.625. The van der Waals surface area contributed by atoms with Gasteiger partial charge in [-0.2, -0.15) is 0 Å². The molecule has 0 aliphatic heterocycles. The smallest absolute Gasteiger partial charge is 0.146 e. The summed E-state index contributed by atoms with van der Waals surface area (Å²) in [6, 6.07) is 13.3. The molecule has 0 saturated heterocycles. The third-order valence-electron chi connectivity index (χ3n) is 3.59. The first kappa shape index (κ1) is 15.5. The molecule has 0 saturated carbocycles. The van der Waals surface area contributed by atoms with Crippen molar-refractivity contribution in [2.75, 3.05) is 18.0 Å². The Morgan fingerprint density at radius 3 is 2.43 bits per heavy atom. The van der Waals surface area contributed by atoms with Gasteiger partial charge < -0.3 is 10.2 Å². The minimum Gasteiger partial charge on any atom is -0.339 e. The molecule has 0 aromatic heterocycles. The minimum absolute atomic E-state index is 0.185. The zero-order valence-electron chi connectivity index (χ0n) is 13.0. The molecule has 0 radical (unpaired) electrons. The van der Waals surface area contributed by atoms with E-state index in [1.54, 1.807) is 6.07 Å². The number of halogens is 1. The van der Waals surface area contributed by atoms with E-state index in [4.69, 9.17) is 0 Å². The molecule has 0 bridgehead atoms. The lowest BCUT2D eigenvalue weighted by Gasteiger charge is -2.26. The zero-order valence-corrected chi connectivity index (χ0v) is 13.0. The minimum atomic E-state index is -0.185. The summed E-state index contributed by atoms with van der Waals surface area (Å²) in [5, 5.41) is 3.32. The van der Waals surface area contributed by atoms with Crippen molar-refractivity contribution in [2.24, 2.45) is 0 Å². The fraction of sp³-hybridized carbons (Fsp3) is 0.333. The van der Waals surface area contributed by atoms with Crippen LogP contribution >= 0.6 is 0 Å². The summed E-state index contributed by atoms with van der Waals surface area (Å²) in [4.78, 5) is 2.02. The number of nitrogens with zero attached hydrogens (tertiary/aromatic N) is 1. The van der Waals surface area contributed by atoms with Gasteiger partial charge in [0.15, 0.2) is 0 Å². The number of rotatable bonds is 6. The second-order valence-electron chi connectivity index (χ2n) is 5.10. The Bertz CT molecular complexity index is 596. The van der Waals surface area contributed by atoms with Crippen molar-refractivity contribution in [3.8, 4) is 0 Å². The van der Waals surface area contributed by atoms with Crippen molar-refractivity contribution >= 4 is 11.4 Å². The van der Waals surface area contributed by atoms with E-state index >= 15 is 0 Å². The normalized spacial score (nSPS) is 10.7. The van der Waals surface area contributed by atoms with Crippen LogP contribution in [0, 0.1) is 12.7 Å². The van der Waals surface area contributed by atoms with Gasteiger partial charge in [-0.05, 0) is 49.7 Å². The molecule has 21 heavy (non-hydrogen) atoms. The molecule has 112 valence electrons. The van der Waals surface area contributed by atoms with E-state index in [1.165, 1.54) is 11.6 Å². The Kier molecular flexibility index (Phi) is 5.34. The highest BCUT2D eigenvalue weighted by Gasteiger charge is 2.13. The molecular formula is C18H23FN2. The van der Waals surface area contributed by atoms with E-state index in [0.717, 1.165) is 30.9 Å². The summed E-state index contributed by atoms with van der Waals surface area (Å²) < 4.78 is 14.0. The molecule has 0 aliphatic carbocycles. The summed E-state index contributed by atoms with van der Waals surface area (Å²) in [6.45, 7) is 8.76. The Hall–Kier alpha value is -1.87. The average Bonchev–Trinajstić information content (AvgIpc) is 2.49. The number of hydrogen-bond acceptors (Lipinski definition) is 2. The lowest BCUT2D eigenvalue weighted by Crippen LogP contribution is -2.19. The Morgan fingerprint density at radius 1 is 1.05 bits per heavy atom. The first-order valence-corrected chi connectivity index (χ1v) is 7.49. The number of benzene rings is 2. The highest BCUT2D eigenvalue weighted by molar-refractivity contribution is 5.67. The molecule has 2 nitrogen and oxygen atoms in total. The zero-order chi connectivity index (χ0) is 15.2. The fourth-order valence-corrected chi connectivity index (χ4v) is 2.54. The molecule has 2 aromatic carbocycles. The Balaban J connectivity index is 2.33. The van der Waals surface area contributed by atoms with Crippen LogP contribution in [0.2, 0.25) is 0 Å². The van der Waals surface area contributed by atoms with Gasteiger partial charge in [-0.3, -0.25) is 0 Å². The van der Waals surface area contributed by atoms with Crippen molar-refractivity contribution in [2.45, 2.75) is 27.3 Å². The molecule has 2 aromatic rings. The van der Waals surface area contributed by atoms with Crippen LogP contribution < -0.4 is 10.2 Å². The van der Waals surface area contributed by atoms with Crippen LogP contribution in [-0.4, -0.2) is 13.1 Å². The highest BCUT2D eigenvalue weighted by Crippen LogP contribution is 2.30. The Labute approximate surface area is 126 Å². The number of hydrogen-bond donors (Lipinski definition) is 1. The highest BCUT2D eigenvalue weighted by atomic mass is 19.1. The molecule has 2 rings (SSSR count). The standard InChI is InChI=1S/C18H23FN2/c1-4-20-13-15-10-11-17(14(3)12-15)21(5-2)18-9-7-6-8-16(18)19/h6-12,20H,4-5,13H2,1-3H3. The monoisotopic (exact) mass is 286 g/mol. The van der Waals surface area contributed by atoms with Crippen molar-refractivity contribution in [3.63, 3.8) is 0 Å². The summed E-state index contributed by atoms with van der Waals surface area (Å²) in [7, 11) is 0. The van der Waals surface area contributed by atoms with Crippen LogP contribution in [0.4, 0.5) is 15.8 Å². The molecule has 3 heteroatoms. The quantitative estimate of drug-likeness (QED) is 0.846. The van der Waals surface area contributed by atoms with Crippen LogP contribution in [0.5, 0.6) is 0 Å². The number of nitrogens with one attached hydrogen (secondary N) is 1. The van der Waals surface area contributed by atoms with Gasteiger partial charge in [0, 0.05) is 18.8 Å². The molecule has 0 spiro atoms. The second-order valence-corrected chi connectivity index (χ2v) is 5.10. The first-order valence-electron chi connectivity index (χ1n) is 7.49. The average molecular weight is 286 g/mol. The second kappa shape index (κ2) is 7.23. The largest absolute Gasteiger partial charge is 0.339 e. The van der Waals surface area contributed by atoms with Crippen LogP contribution in [0.3, 0.4) is 0 Å². The van der Waals surface area contributed by atoms with E-state index in [2.05, 4.69) is 37.4 Å². The summed E-state index contributed by atoms with van der Waals surface area (Å²) in [5.41, 5.74) is 4.10. The number of aryl methyl sites for hydroxylation is 1. The van der Waals surface area contributed by atoms with Gasteiger partial charge in [-0.25, -0.2) is 4.39 Å². The molecule has 0 unspecified atom stereocenters. The summed E-state index contributed by atoms with van der Waals surface area (Å²) in [5.74, 6) is -0.185. The van der Waals surface area contributed by atoms with E-state index in [0.29, 0.717) is 5.69 Å². The maximum absolute atomic E-state index is 14.0. The lowest BCUT2D eigenvalue weighted by atomic mass is 10.1. The summed E-state index contributed by atoms with van der Waals surface area (Å²) >= 11 is 0. The number of para-hydroxylation sites is 1. The molecule has 0 fully saturated rings. The maximum atomic E-state index is 14.0. The van der Waals surface area contributed by atoms with E-state index in [-0.39, 0.29) is 5.82 Å². The van der Waals surface area contributed by atoms with Gasteiger partial charge in [0.1, 0.15) is 5.82 Å². The van der Waals surface area contributed by atoms with Crippen LogP contribution in [-0.2, 0) is 6.54 Å². The predicted molar refractivity (Wildman–Crippen MR) is 87.6 cm³/mol. The molecule has 0 aliphatic rings. The van der Waals surface area contributed by atoms with Gasteiger partial charge >= 0.3 is 0 Å². The number of anilines is 2. The van der Waals surface area contributed by atoms with Gasteiger partial charge in [0.05, 0.1) is 5.69 Å². The SMILES string of the molecule is CCNCc1ccc(N(CC)c2ccccc2F)c(C)c1. The third kappa shape index (κ3) is 3.61. The molecule has 1 N–H and O–H groups in total. The van der Waals surface area contributed by atoms with E-state index < -0.39 is 0 Å².